The number of esters is 1. The average Bonchev–Trinajstić information content (AvgIpc) is 3.01. The number of benzene rings is 1. The van der Waals surface area contributed by atoms with Crippen molar-refractivity contribution in [1.82, 2.24) is 10.6 Å². The summed E-state index contributed by atoms with van der Waals surface area (Å²) in [7, 11) is 0. The minimum atomic E-state index is -0.564. The van der Waals surface area contributed by atoms with Crippen LogP contribution in [0.3, 0.4) is 0 Å². The van der Waals surface area contributed by atoms with E-state index in [1.165, 1.54) is 11.3 Å². The highest BCUT2D eigenvalue weighted by Gasteiger charge is 2.33. The quantitative estimate of drug-likeness (QED) is 0.675. The molecule has 8 heteroatoms. The Balaban J connectivity index is 1.85. The van der Waals surface area contributed by atoms with Gasteiger partial charge in [-0.2, -0.15) is 0 Å². The first-order chi connectivity index (χ1) is 13.4. The van der Waals surface area contributed by atoms with Gasteiger partial charge in [0.1, 0.15) is 12.4 Å². The highest BCUT2D eigenvalue weighted by molar-refractivity contribution is 7.12. The number of thiophene rings is 1. The number of hydrogen-bond acceptors (Lipinski definition) is 5. The summed E-state index contributed by atoms with van der Waals surface area (Å²) in [5, 5.41) is 6.00. The van der Waals surface area contributed by atoms with Crippen LogP contribution >= 0.6 is 22.9 Å². The Hall–Kier alpha value is -2.51. The molecule has 0 fully saturated rings. The molecule has 3 rings (SSSR count). The maximum Gasteiger partial charge on any atom is 0.338 e. The number of rotatable bonds is 6. The zero-order chi connectivity index (χ0) is 20.3. The number of carbonyl (C=O) groups is 2. The van der Waals surface area contributed by atoms with Crippen molar-refractivity contribution in [2.45, 2.75) is 33.4 Å². The summed E-state index contributed by atoms with van der Waals surface area (Å²) in [5.74, 6) is 0.159. The van der Waals surface area contributed by atoms with E-state index in [0.717, 1.165) is 15.3 Å². The van der Waals surface area contributed by atoms with Crippen LogP contribution in [0.4, 0.5) is 4.79 Å². The van der Waals surface area contributed by atoms with Crippen LogP contribution in [0.25, 0.3) is 0 Å². The summed E-state index contributed by atoms with van der Waals surface area (Å²) in [4.78, 5) is 26.3. The van der Waals surface area contributed by atoms with Gasteiger partial charge in [-0.3, -0.25) is 0 Å². The molecule has 0 saturated heterocycles. The van der Waals surface area contributed by atoms with Gasteiger partial charge in [0.05, 0.1) is 23.2 Å². The third-order valence-corrected chi connectivity index (χ3v) is 5.78. The lowest BCUT2D eigenvalue weighted by Gasteiger charge is -2.27. The Kier molecular flexibility index (Phi) is 6.26. The largest absolute Gasteiger partial charge is 0.487 e. The molecule has 1 aromatic carbocycles. The van der Waals surface area contributed by atoms with Gasteiger partial charge in [0, 0.05) is 21.0 Å². The van der Waals surface area contributed by atoms with Gasteiger partial charge in [-0.1, -0.05) is 23.7 Å². The molecule has 1 aromatic heterocycles. The highest BCUT2D eigenvalue weighted by atomic mass is 35.5. The van der Waals surface area contributed by atoms with Crippen molar-refractivity contribution < 1.29 is 19.1 Å². The molecule has 2 amide bonds. The minimum absolute atomic E-state index is 0.261. The fourth-order valence-electron chi connectivity index (χ4n) is 2.93. The van der Waals surface area contributed by atoms with E-state index in [0.29, 0.717) is 28.6 Å². The van der Waals surface area contributed by atoms with Crippen LogP contribution in [0, 0.1) is 6.92 Å². The van der Waals surface area contributed by atoms with Crippen LogP contribution < -0.4 is 15.4 Å². The van der Waals surface area contributed by atoms with E-state index in [9.17, 15) is 9.59 Å². The lowest BCUT2D eigenvalue weighted by Crippen LogP contribution is -2.45. The number of para-hydroxylation sites is 1. The van der Waals surface area contributed by atoms with Crippen molar-refractivity contribution in [2.75, 3.05) is 6.61 Å². The van der Waals surface area contributed by atoms with Crippen molar-refractivity contribution in [3.63, 3.8) is 0 Å². The number of allylic oxidation sites excluding steroid dienone is 1. The van der Waals surface area contributed by atoms with Crippen LogP contribution in [0.15, 0.2) is 41.6 Å². The summed E-state index contributed by atoms with van der Waals surface area (Å²) in [6.07, 6.45) is 0. The molecule has 148 valence electrons. The van der Waals surface area contributed by atoms with Crippen molar-refractivity contribution in [3.05, 3.63) is 61.9 Å². The number of halogens is 1. The maximum atomic E-state index is 12.4. The Labute approximate surface area is 172 Å². The van der Waals surface area contributed by atoms with Crippen molar-refractivity contribution in [2.24, 2.45) is 0 Å². The number of aryl methyl sites for hydroxylation is 1. The third kappa shape index (κ3) is 4.31. The molecule has 2 N–H and O–H groups in total. The topological polar surface area (TPSA) is 76.7 Å². The van der Waals surface area contributed by atoms with Gasteiger partial charge in [-0.15, -0.1) is 11.3 Å². The van der Waals surface area contributed by atoms with Crippen LogP contribution in [0.1, 0.15) is 35.2 Å². The molecule has 28 heavy (non-hydrogen) atoms. The predicted octanol–water partition coefficient (Wildman–Crippen LogP) is 4.48. The smallest absolute Gasteiger partial charge is 0.338 e. The molecule has 1 unspecified atom stereocenters. The molecule has 2 heterocycles. The summed E-state index contributed by atoms with van der Waals surface area (Å²) < 4.78 is 11.0. The number of carbonyl (C=O) groups excluding carboxylic acids is 2. The lowest BCUT2D eigenvalue weighted by molar-refractivity contribution is -0.139. The normalized spacial score (nSPS) is 16.4. The second kappa shape index (κ2) is 8.67. The summed E-state index contributed by atoms with van der Waals surface area (Å²) in [6, 6.07) is 8.31. The van der Waals surface area contributed by atoms with Gasteiger partial charge in [-0.05, 0) is 39.0 Å². The molecule has 0 bridgehead atoms. The molecular formula is C20H21ClN2O4S. The third-order valence-electron chi connectivity index (χ3n) is 4.31. The van der Waals surface area contributed by atoms with E-state index in [4.69, 9.17) is 21.1 Å². The van der Waals surface area contributed by atoms with Crippen LogP contribution in [0.5, 0.6) is 5.75 Å². The maximum absolute atomic E-state index is 12.4. The van der Waals surface area contributed by atoms with Gasteiger partial charge in [0.15, 0.2) is 0 Å². The Morgan fingerprint density at radius 3 is 2.75 bits per heavy atom. The van der Waals surface area contributed by atoms with Crippen LogP contribution in [-0.4, -0.2) is 18.6 Å². The standard InChI is InChI=1S/C20H21ClN2O4S/c1-4-26-19(24)17-11(2)22-20(25)23-18(17)16-9-13(12(3)28-16)10-27-15-8-6-5-7-14(15)21/h5-9,18H,4,10H2,1-3H3,(H2,22,23,25). The SMILES string of the molecule is CCOC(=O)C1=C(C)NC(=O)NC1c1cc(COc2ccccc2Cl)c(C)s1. The van der Waals surface area contributed by atoms with Gasteiger partial charge >= 0.3 is 12.0 Å². The molecule has 1 aliphatic heterocycles. The minimum Gasteiger partial charge on any atom is -0.487 e. The first-order valence-electron chi connectivity index (χ1n) is 8.82. The molecule has 0 aliphatic carbocycles. The summed E-state index contributed by atoms with van der Waals surface area (Å²) in [5.41, 5.74) is 1.86. The number of nitrogens with one attached hydrogen (secondary N) is 2. The van der Waals surface area contributed by atoms with E-state index in [2.05, 4.69) is 10.6 Å². The van der Waals surface area contributed by atoms with Crippen LogP contribution in [-0.2, 0) is 16.1 Å². The van der Waals surface area contributed by atoms with Gasteiger partial charge < -0.3 is 20.1 Å². The number of amides is 2. The predicted molar refractivity (Wildman–Crippen MR) is 109 cm³/mol. The number of hydrogen-bond donors (Lipinski definition) is 2. The van der Waals surface area contributed by atoms with E-state index in [1.807, 2.05) is 31.2 Å². The molecule has 0 radical (unpaired) electrons. The fraction of sp³-hybridized carbons (Fsp3) is 0.300. The van der Waals surface area contributed by atoms with Gasteiger partial charge in [-0.25, -0.2) is 9.59 Å². The second-order valence-electron chi connectivity index (χ2n) is 6.24. The van der Waals surface area contributed by atoms with Crippen molar-refractivity contribution >= 4 is 34.9 Å². The average molecular weight is 421 g/mol. The summed E-state index contributed by atoms with van der Waals surface area (Å²) >= 11 is 7.64. The molecule has 6 nitrogen and oxygen atoms in total. The van der Waals surface area contributed by atoms with E-state index >= 15 is 0 Å². The Morgan fingerprint density at radius 1 is 1.29 bits per heavy atom. The molecule has 0 spiro atoms. The van der Waals surface area contributed by atoms with Crippen molar-refractivity contribution in [3.8, 4) is 5.75 Å². The van der Waals surface area contributed by atoms with E-state index in [-0.39, 0.29) is 12.6 Å². The highest BCUT2D eigenvalue weighted by Crippen LogP contribution is 2.35. The number of urea groups is 1. The lowest BCUT2D eigenvalue weighted by atomic mass is 10.0. The van der Waals surface area contributed by atoms with Gasteiger partial charge in [0.2, 0.25) is 0 Å². The molecule has 0 saturated carbocycles. The molecular weight excluding hydrogens is 400 g/mol. The second-order valence-corrected chi connectivity index (χ2v) is 7.94. The Morgan fingerprint density at radius 2 is 2.04 bits per heavy atom. The first-order valence-corrected chi connectivity index (χ1v) is 10.0. The van der Waals surface area contributed by atoms with Crippen molar-refractivity contribution in [1.29, 1.82) is 0 Å². The molecule has 2 aromatic rings. The fourth-order valence-corrected chi connectivity index (χ4v) is 4.22. The van der Waals surface area contributed by atoms with E-state index in [1.54, 1.807) is 19.9 Å². The Bertz CT molecular complexity index is 938. The zero-order valence-corrected chi connectivity index (χ0v) is 17.4. The summed E-state index contributed by atoms with van der Waals surface area (Å²) in [6.45, 7) is 6.01. The monoisotopic (exact) mass is 420 g/mol. The molecule has 1 aliphatic rings. The van der Waals surface area contributed by atoms with Crippen LogP contribution in [0.2, 0.25) is 5.02 Å². The van der Waals surface area contributed by atoms with Gasteiger partial charge in [0.25, 0.3) is 0 Å². The molecule has 1 atom stereocenters. The first kappa shape index (κ1) is 20.2. The number of ether oxygens (including phenoxy) is 2. The zero-order valence-electron chi connectivity index (χ0n) is 15.8. The van der Waals surface area contributed by atoms with E-state index < -0.39 is 12.0 Å².